The number of nitrogens with zero attached hydrogens (tertiary/aromatic N) is 2. The molecule has 2 nitrogen and oxygen atoms in total. The van der Waals surface area contributed by atoms with Gasteiger partial charge in [-0.15, -0.1) is 0 Å². The maximum absolute atomic E-state index is 15.4. The molecule has 0 radical (unpaired) electrons. The molecule has 0 spiro atoms. The number of aromatic nitrogens is 1. The Morgan fingerprint density at radius 3 is 1.58 bits per heavy atom. The lowest BCUT2D eigenvalue weighted by molar-refractivity contribution is 0.376. The molecule has 1 aromatic heterocycles. The van der Waals surface area contributed by atoms with Gasteiger partial charge in [-0.05, 0) is 92.0 Å². The third-order valence-corrected chi connectivity index (χ3v) is 10.3. The topological polar surface area (TPSA) is 8.17 Å². The van der Waals surface area contributed by atoms with Crippen molar-refractivity contribution in [2.75, 3.05) is 4.90 Å². The van der Waals surface area contributed by atoms with Gasteiger partial charge < -0.3 is 9.47 Å². The van der Waals surface area contributed by atoms with E-state index in [-0.39, 0.29) is 0 Å². The van der Waals surface area contributed by atoms with Crippen molar-refractivity contribution in [3.8, 4) is 16.8 Å². The molecule has 53 heavy (non-hydrogen) atoms. The Labute approximate surface area is 299 Å². The van der Waals surface area contributed by atoms with Crippen LogP contribution in [0.5, 0.6) is 0 Å². The van der Waals surface area contributed by atoms with Crippen molar-refractivity contribution in [2.24, 2.45) is 0 Å². The zero-order chi connectivity index (χ0) is 36.0. The molecule has 0 aliphatic heterocycles. The molecular formula is C46H25F5N2. The number of fused-ring (bicyclic) bond motifs is 4. The lowest BCUT2D eigenvalue weighted by Crippen LogP contribution is -2.09. The molecule has 1 heterocycles. The molecule has 254 valence electrons. The zero-order valence-corrected chi connectivity index (χ0v) is 27.7. The second-order valence-electron chi connectivity index (χ2n) is 13.1. The number of rotatable bonds is 5. The Morgan fingerprint density at radius 1 is 0.377 bits per heavy atom. The van der Waals surface area contributed by atoms with Crippen molar-refractivity contribution in [3.63, 3.8) is 0 Å². The minimum atomic E-state index is -2.19. The van der Waals surface area contributed by atoms with Crippen molar-refractivity contribution in [1.82, 2.24) is 4.57 Å². The molecule has 7 heteroatoms. The normalized spacial score (nSPS) is 11.9. The molecule has 0 atom stereocenters. The fourth-order valence-electron chi connectivity index (χ4n) is 8.00. The number of hydrogen-bond donors (Lipinski definition) is 0. The first kappa shape index (κ1) is 31.0. The highest BCUT2D eigenvalue weighted by Crippen LogP contribution is 2.46. The molecule has 10 rings (SSSR count). The number of hydrogen-bond acceptors (Lipinski definition) is 1. The Kier molecular flexibility index (Phi) is 6.82. The third-order valence-electron chi connectivity index (χ3n) is 10.3. The van der Waals surface area contributed by atoms with Crippen LogP contribution >= 0.6 is 0 Å². The van der Waals surface area contributed by atoms with Gasteiger partial charge in [-0.1, -0.05) is 103 Å². The van der Waals surface area contributed by atoms with Crippen molar-refractivity contribution < 1.29 is 22.0 Å². The van der Waals surface area contributed by atoms with Crippen LogP contribution in [-0.4, -0.2) is 4.57 Å². The Bertz CT molecular complexity index is 2980. The lowest BCUT2D eigenvalue weighted by atomic mass is 9.88. The summed E-state index contributed by atoms with van der Waals surface area (Å²) in [4.78, 5) is 2.21. The SMILES string of the molecule is Fc1c(F)c(F)c(-n2c3ccccc3c3c4ccc5c(-c6ccc(N(c7ccccc7)c7ccccc7)cc6)ccc6ccc(cc32)c4c65)c(F)c1F. The largest absolute Gasteiger partial charge is 0.311 e. The van der Waals surface area contributed by atoms with E-state index in [0.717, 1.165) is 65.1 Å². The van der Waals surface area contributed by atoms with E-state index in [0.29, 0.717) is 21.8 Å². The van der Waals surface area contributed by atoms with E-state index in [2.05, 4.69) is 71.6 Å². The Morgan fingerprint density at radius 2 is 0.906 bits per heavy atom. The minimum absolute atomic E-state index is 0.321. The summed E-state index contributed by atoms with van der Waals surface area (Å²) in [5.74, 6) is -9.95. The van der Waals surface area contributed by atoms with Crippen LogP contribution in [0.25, 0.3) is 70.9 Å². The van der Waals surface area contributed by atoms with E-state index in [1.54, 1.807) is 30.3 Å². The summed E-state index contributed by atoms with van der Waals surface area (Å²) in [5, 5.41) is 6.87. The molecule has 10 aromatic rings. The Balaban J connectivity index is 1.19. The van der Waals surface area contributed by atoms with Crippen LogP contribution in [0.4, 0.5) is 39.0 Å². The van der Waals surface area contributed by atoms with E-state index in [1.807, 2.05) is 54.6 Å². The van der Waals surface area contributed by atoms with Gasteiger partial charge in [0.15, 0.2) is 23.3 Å². The van der Waals surface area contributed by atoms with E-state index < -0.39 is 34.8 Å². The van der Waals surface area contributed by atoms with Crippen molar-refractivity contribution in [2.45, 2.75) is 0 Å². The van der Waals surface area contributed by atoms with Gasteiger partial charge in [0.25, 0.3) is 0 Å². The number of para-hydroxylation sites is 3. The third kappa shape index (κ3) is 4.50. The van der Waals surface area contributed by atoms with Crippen LogP contribution in [0.15, 0.2) is 152 Å². The van der Waals surface area contributed by atoms with Crippen molar-refractivity contribution in [3.05, 3.63) is 181 Å². The van der Waals surface area contributed by atoms with Crippen LogP contribution in [-0.2, 0) is 0 Å². The predicted octanol–water partition coefficient (Wildman–Crippen LogP) is 13.5. The summed E-state index contributed by atoms with van der Waals surface area (Å²) in [7, 11) is 0. The minimum Gasteiger partial charge on any atom is -0.311 e. The van der Waals surface area contributed by atoms with E-state index in [4.69, 9.17) is 0 Å². The molecule has 0 saturated heterocycles. The number of anilines is 3. The van der Waals surface area contributed by atoms with Gasteiger partial charge in [0.1, 0.15) is 5.69 Å². The predicted molar refractivity (Wildman–Crippen MR) is 204 cm³/mol. The van der Waals surface area contributed by atoms with Gasteiger partial charge in [0, 0.05) is 27.8 Å². The summed E-state index contributed by atoms with van der Waals surface area (Å²) in [5.41, 5.74) is 4.80. The molecule has 0 amide bonds. The monoisotopic (exact) mass is 700 g/mol. The van der Waals surface area contributed by atoms with Crippen LogP contribution in [0.1, 0.15) is 0 Å². The summed E-state index contributed by atoms with van der Waals surface area (Å²) in [6.07, 6.45) is 0. The summed E-state index contributed by atoms with van der Waals surface area (Å²) >= 11 is 0. The molecule has 0 aliphatic rings. The average Bonchev–Trinajstić information content (AvgIpc) is 3.53. The molecule has 0 saturated carbocycles. The maximum Gasteiger partial charge on any atom is 0.200 e. The van der Waals surface area contributed by atoms with E-state index in [9.17, 15) is 13.2 Å². The van der Waals surface area contributed by atoms with Gasteiger partial charge in [-0.2, -0.15) is 0 Å². The first-order valence-electron chi connectivity index (χ1n) is 17.1. The van der Waals surface area contributed by atoms with Crippen LogP contribution in [0.3, 0.4) is 0 Å². The lowest BCUT2D eigenvalue weighted by Gasteiger charge is -2.25. The fourth-order valence-corrected chi connectivity index (χ4v) is 8.00. The molecular weight excluding hydrogens is 676 g/mol. The molecule has 9 aromatic carbocycles. The van der Waals surface area contributed by atoms with Gasteiger partial charge >= 0.3 is 0 Å². The maximum atomic E-state index is 15.4. The molecule has 0 N–H and O–H groups in total. The highest BCUT2D eigenvalue weighted by molar-refractivity contribution is 6.34. The highest BCUT2D eigenvalue weighted by Gasteiger charge is 2.30. The van der Waals surface area contributed by atoms with E-state index >= 15 is 8.78 Å². The standard InChI is InChI=1S/C46H25F5N2/c47-41-42(48)44(50)46(45(51)43(41)49)53-36-14-8-7-13-34(36)40-35-24-23-33-32(22-19-27-15-16-28(25-37(40)53)39(35)38(27)33)26-17-20-31(21-18-26)52(29-9-3-1-4-10-29)30-11-5-2-6-12-30/h1-25H. The second kappa shape index (κ2) is 11.6. The first-order chi connectivity index (χ1) is 25.9. The number of benzene rings is 9. The first-order valence-corrected chi connectivity index (χ1v) is 17.1. The number of halogens is 5. The van der Waals surface area contributed by atoms with E-state index in [1.165, 1.54) is 0 Å². The van der Waals surface area contributed by atoms with Gasteiger partial charge in [0.2, 0.25) is 5.82 Å². The van der Waals surface area contributed by atoms with Gasteiger partial charge in [-0.3, -0.25) is 0 Å². The molecule has 0 fully saturated rings. The van der Waals surface area contributed by atoms with Crippen molar-refractivity contribution >= 4 is 71.2 Å². The highest BCUT2D eigenvalue weighted by atomic mass is 19.2. The van der Waals surface area contributed by atoms with Crippen LogP contribution < -0.4 is 4.90 Å². The second-order valence-corrected chi connectivity index (χ2v) is 13.1. The van der Waals surface area contributed by atoms with Gasteiger partial charge in [-0.25, -0.2) is 22.0 Å². The van der Waals surface area contributed by atoms with Crippen molar-refractivity contribution in [1.29, 1.82) is 0 Å². The molecule has 0 bridgehead atoms. The van der Waals surface area contributed by atoms with Crippen LogP contribution in [0.2, 0.25) is 0 Å². The molecule has 0 unspecified atom stereocenters. The van der Waals surface area contributed by atoms with Gasteiger partial charge in [0.05, 0.1) is 11.0 Å². The Hall–Kier alpha value is -6.73. The van der Waals surface area contributed by atoms with Crippen LogP contribution in [0, 0.1) is 29.1 Å². The summed E-state index contributed by atoms with van der Waals surface area (Å²) in [6, 6.07) is 49.7. The quantitative estimate of drug-likeness (QED) is 0.0751. The zero-order valence-electron chi connectivity index (χ0n) is 27.7. The summed E-state index contributed by atoms with van der Waals surface area (Å²) in [6.45, 7) is 0. The summed E-state index contributed by atoms with van der Waals surface area (Å²) < 4.78 is 75.3. The fraction of sp³-hybridized carbons (Fsp3) is 0. The smallest absolute Gasteiger partial charge is 0.200 e. The average molecular weight is 701 g/mol. The molecule has 0 aliphatic carbocycles.